The summed E-state index contributed by atoms with van der Waals surface area (Å²) in [5.41, 5.74) is -0.944. The van der Waals surface area contributed by atoms with Crippen LogP contribution in [-0.2, 0) is 9.59 Å². The predicted molar refractivity (Wildman–Crippen MR) is 87.8 cm³/mol. The third-order valence-corrected chi connectivity index (χ3v) is 4.04. The first-order valence-electron chi connectivity index (χ1n) is 6.82. The lowest BCUT2D eigenvalue weighted by atomic mass is 9.94. The number of carboxylic acid groups (broad SMARTS) is 1. The topological polar surface area (TPSA) is 95.5 Å². The van der Waals surface area contributed by atoms with E-state index in [1.165, 1.54) is 26.8 Å². The Balaban J connectivity index is 2.66. The largest absolute Gasteiger partial charge is 0.481 e. The van der Waals surface area contributed by atoms with Gasteiger partial charge in [0.2, 0.25) is 5.91 Å². The molecule has 0 radical (unpaired) electrons. The van der Waals surface area contributed by atoms with Crippen LogP contribution >= 0.6 is 23.2 Å². The first kappa shape index (κ1) is 19.3. The maximum atomic E-state index is 12.1. The van der Waals surface area contributed by atoms with Gasteiger partial charge in [0.05, 0.1) is 21.0 Å². The van der Waals surface area contributed by atoms with E-state index in [1.807, 2.05) is 0 Å². The zero-order chi connectivity index (χ0) is 17.8. The van der Waals surface area contributed by atoms with Crippen LogP contribution in [0.1, 0.15) is 31.1 Å². The van der Waals surface area contributed by atoms with Crippen LogP contribution in [0.5, 0.6) is 0 Å². The molecule has 3 N–H and O–H groups in total. The molecule has 1 atom stereocenters. The Bertz CT molecular complexity index is 632. The predicted octanol–water partition coefficient (Wildman–Crippen LogP) is 2.34. The summed E-state index contributed by atoms with van der Waals surface area (Å²) in [7, 11) is 0. The second-order valence-electron chi connectivity index (χ2n) is 5.70. The molecule has 0 bridgehead atoms. The van der Waals surface area contributed by atoms with Crippen LogP contribution in [0, 0.1) is 5.41 Å². The van der Waals surface area contributed by atoms with E-state index in [0.29, 0.717) is 0 Å². The van der Waals surface area contributed by atoms with Gasteiger partial charge in [-0.2, -0.15) is 0 Å². The van der Waals surface area contributed by atoms with Gasteiger partial charge < -0.3 is 15.7 Å². The number of amides is 2. The quantitative estimate of drug-likeness (QED) is 0.725. The van der Waals surface area contributed by atoms with E-state index >= 15 is 0 Å². The van der Waals surface area contributed by atoms with Crippen molar-refractivity contribution in [2.45, 2.75) is 26.8 Å². The van der Waals surface area contributed by atoms with Gasteiger partial charge in [0, 0.05) is 6.54 Å². The molecule has 0 saturated carbocycles. The molecule has 0 saturated heterocycles. The second kappa shape index (κ2) is 7.66. The highest BCUT2D eigenvalue weighted by molar-refractivity contribution is 6.43. The summed E-state index contributed by atoms with van der Waals surface area (Å²) in [4.78, 5) is 35.1. The molecule has 0 aliphatic heterocycles. The molecule has 1 aromatic rings. The minimum Gasteiger partial charge on any atom is -0.481 e. The maximum Gasteiger partial charge on any atom is 0.310 e. The van der Waals surface area contributed by atoms with Gasteiger partial charge in [-0.25, -0.2) is 0 Å². The first-order valence-corrected chi connectivity index (χ1v) is 7.58. The molecule has 1 rings (SSSR count). The van der Waals surface area contributed by atoms with E-state index in [4.69, 9.17) is 28.3 Å². The lowest BCUT2D eigenvalue weighted by Gasteiger charge is -2.21. The third-order valence-electron chi connectivity index (χ3n) is 3.22. The summed E-state index contributed by atoms with van der Waals surface area (Å²) in [6, 6.07) is 3.75. The van der Waals surface area contributed by atoms with Gasteiger partial charge in [-0.15, -0.1) is 0 Å². The van der Waals surface area contributed by atoms with Gasteiger partial charge in [-0.05, 0) is 32.9 Å². The molecule has 1 unspecified atom stereocenters. The Hall–Kier alpha value is -1.79. The van der Waals surface area contributed by atoms with Crippen molar-refractivity contribution in [2.75, 3.05) is 6.54 Å². The first-order chi connectivity index (χ1) is 10.6. The summed E-state index contributed by atoms with van der Waals surface area (Å²) in [5.74, 6) is -2.07. The lowest BCUT2D eigenvalue weighted by molar-refractivity contribution is -0.146. The van der Waals surface area contributed by atoms with Crippen molar-refractivity contribution in [3.8, 4) is 0 Å². The Labute approximate surface area is 144 Å². The van der Waals surface area contributed by atoms with Crippen molar-refractivity contribution in [3.05, 3.63) is 33.8 Å². The average Bonchev–Trinajstić information content (AvgIpc) is 2.47. The van der Waals surface area contributed by atoms with Gasteiger partial charge in [0.15, 0.2) is 0 Å². The van der Waals surface area contributed by atoms with Crippen molar-refractivity contribution in [1.82, 2.24) is 10.6 Å². The zero-order valence-electron chi connectivity index (χ0n) is 12.9. The van der Waals surface area contributed by atoms with Crippen LogP contribution in [0.4, 0.5) is 0 Å². The molecular weight excluding hydrogens is 343 g/mol. The molecule has 8 heteroatoms. The molecule has 0 fully saturated rings. The van der Waals surface area contributed by atoms with Crippen LogP contribution in [0.3, 0.4) is 0 Å². The zero-order valence-corrected chi connectivity index (χ0v) is 14.5. The van der Waals surface area contributed by atoms with E-state index in [9.17, 15) is 14.4 Å². The molecule has 6 nitrogen and oxygen atoms in total. The van der Waals surface area contributed by atoms with Crippen LogP contribution in [0.2, 0.25) is 10.0 Å². The molecule has 0 spiro atoms. The van der Waals surface area contributed by atoms with Gasteiger partial charge in [0.1, 0.15) is 6.04 Å². The number of carboxylic acids is 1. The highest BCUT2D eigenvalue weighted by Crippen LogP contribution is 2.25. The molecule has 0 aliphatic carbocycles. The lowest BCUT2D eigenvalue weighted by Crippen LogP contribution is -2.48. The number of nitrogens with one attached hydrogen (secondary N) is 2. The number of benzene rings is 1. The number of hydrogen-bond donors (Lipinski definition) is 3. The van der Waals surface area contributed by atoms with Crippen molar-refractivity contribution in [1.29, 1.82) is 0 Å². The van der Waals surface area contributed by atoms with Gasteiger partial charge >= 0.3 is 5.97 Å². The second-order valence-corrected chi connectivity index (χ2v) is 6.49. The number of carbonyl (C=O) groups excluding carboxylic acids is 2. The number of aliphatic carboxylic acids is 1. The monoisotopic (exact) mass is 360 g/mol. The maximum absolute atomic E-state index is 12.1. The highest BCUT2D eigenvalue weighted by atomic mass is 35.5. The summed E-state index contributed by atoms with van der Waals surface area (Å²) >= 11 is 11.8. The Morgan fingerprint density at radius 1 is 1.26 bits per heavy atom. The summed E-state index contributed by atoms with van der Waals surface area (Å²) in [6.07, 6.45) is 0. The van der Waals surface area contributed by atoms with E-state index in [-0.39, 0.29) is 22.2 Å². The fraction of sp³-hybridized carbons (Fsp3) is 0.400. The minimum absolute atomic E-state index is 0.0563. The molecular formula is C15H18Cl2N2O4. The molecule has 0 aromatic heterocycles. The normalized spacial score (nSPS) is 12.4. The van der Waals surface area contributed by atoms with Crippen LogP contribution in [-0.4, -0.2) is 35.5 Å². The van der Waals surface area contributed by atoms with E-state index in [2.05, 4.69) is 10.6 Å². The fourth-order valence-electron chi connectivity index (χ4n) is 1.56. The Kier molecular flexibility index (Phi) is 6.41. The van der Waals surface area contributed by atoms with E-state index < -0.39 is 29.2 Å². The summed E-state index contributed by atoms with van der Waals surface area (Å²) in [5, 5.41) is 14.3. The minimum atomic E-state index is -1.10. The fourth-order valence-corrected chi connectivity index (χ4v) is 1.94. The van der Waals surface area contributed by atoms with E-state index in [1.54, 1.807) is 12.1 Å². The Morgan fingerprint density at radius 2 is 1.87 bits per heavy atom. The van der Waals surface area contributed by atoms with Crippen LogP contribution in [0.15, 0.2) is 18.2 Å². The molecule has 0 aliphatic rings. The van der Waals surface area contributed by atoms with Crippen molar-refractivity contribution >= 4 is 41.0 Å². The Morgan fingerprint density at radius 3 is 2.43 bits per heavy atom. The number of halogens is 2. The number of carbonyl (C=O) groups is 3. The summed E-state index contributed by atoms with van der Waals surface area (Å²) < 4.78 is 0. The standard InChI is InChI=1S/C15H18Cl2N2O4/c1-8(12(20)18-7-15(2,3)14(22)23)19-13(21)9-5-4-6-10(16)11(9)17/h4-6,8H,7H2,1-3H3,(H,18,20)(H,19,21)(H,22,23). The summed E-state index contributed by atoms with van der Waals surface area (Å²) in [6.45, 7) is 4.41. The highest BCUT2D eigenvalue weighted by Gasteiger charge is 2.28. The van der Waals surface area contributed by atoms with Crippen molar-refractivity contribution < 1.29 is 19.5 Å². The molecule has 126 valence electrons. The van der Waals surface area contributed by atoms with Crippen molar-refractivity contribution in [2.24, 2.45) is 5.41 Å². The van der Waals surface area contributed by atoms with Crippen LogP contribution < -0.4 is 10.6 Å². The molecule has 0 heterocycles. The van der Waals surface area contributed by atoms with E-state index in [0.717, 1.165) is 0 Å². The van der Waals surface area contributed by atoms with Gasteiger partial charge in [-0.3, -0.25) is 14.4 Å². The van der Waals surface area contributed by atoms with Gasteiger partial charge in [0.25, 0.3) is 5.91 Å². The average molecular weight is 361 g/mol. The number of rotatable bonds is 6. The van der Waals surface area contributed by atoms with Crippen molar-refractivity contribution in [3.63, 3.8) is 0 Å². The molecule has 1 aromatic carbocycles. The molecule has 2 amide bonds. The van der Waals surface area contributed by atoms with Crippen LogP contribution in [0.25, 0.3) is 0 Å². The third kappa shape index (κ3) is 5.11. The smallest absolute Gasteiger partial charge is 0.310 e. The molecule has 23 heavy (non-hydrogen) atoms. The van der Waals surface area contributed by atoms with Gasteiger partial charge in [-0.1, -0.05) is 29.3 Å². The SMILES string of the molecule is CC(NC(=O)c1cccc(Cl)c1Cl)C(=O)NCC(C)(C)C(=O)O. The number of hydrogen-bond acceptors (Lipinski definition) is 3.